The third-order valence-corrected chi connectivity index (χ3v) is 8.76. The van der Waals surface area contributed by atoms with E-state index in [4.69, 9.17) is 9.05 Å². The number of allylic oxidation sites excluding steroid dienone is 10. The maximum Gasteiger partial charge on any atom is 0.472 e. The van der Waals surface area contributed by atoms with E-state index in [0.717, 1.165) is 103 Å². The number of rotatable bonds is 32. The number of nitrogens with one attached hydrogen (secondary N) is 1. The van der Waals surface area contributed by atoms with Crippen molar-refractivity contribution in [3.05, 3.63) is 60.8 Å². The van der Waals surface area contributed by atoms with Crippen LogP contribution in [-0.2, 0) is 18.4 Å². The molecule has 0 radical (unpaired) electrons. The zero-order valence-corrected chi connectivity index (χ0v) is 32.1. The van der Waals surface area contributed by atoms with Crippen molar-refractivity contribution < 1.29 is 32.9 Å². The highest BCUT2D eigenvalue weighted by molar-refractivity contribution is 7.47. The van der Waals surface area contributed by atoms with Crippen LogP contribution >= 0.6 is 7.82 Å². The van der Waals surface area contributed by atoms with Crippen LogP contribution in [0.4, 0.5) is 0 Å². The second kappa shape index (κ2) is 31.2. The Hall–Kier alpha value is -1.80. The Morgan fingerprint density at radius 1 is 0.729 bits per heavy atom. The first-order chi connectivity index (χ1) is 23.0. The van der Waals surface area contributed by atoms with Crippen molar-refractivity contribution >= 4 is 13.7 Å². The average Bonchev–Trinajstić information content (AvgIpc) is 3.02. The van der Waals surface area contributed by atoms with Gasteiger partial charge in [0.05, 0.1) is 39.9 Å². The molecule has 278 valence electrons. The molecular formula is C39H72N2O6P+. The van der Waals surface area contributed by atoms with Gasteiger partial charge in [0.2, 0.25) is 5.91 Å². The summed E-state index contributed by atoms with van der Waals surface area (Å²) in [6.45, 7) is 4.63. The first-order valence-electron chi connectivity index (χ1n) is 18.7. The topological polar surface area (TPSA) is 105 Å². The van der Waals surface area contributed by atoms with E-state index in [1.54, 1.807) is 0 Å². The van der Waals surface area contributed by atoms with E-state index in [1.165, 1.54) is 0 Å². The molecule has 0 aliphatic heterocycles. The number of likely N-dealkylation sites (N-methyl/N-ethyl adjacent to an activating group) is 1. The van der Waals surface area contributed by atoms with E-state index in [2.05, 4.69) is 79.9 Å². The summed E-state index contributed by atoms with van der Waals surface area (Å²) in [6.07, 6.45) is 38.5. The first-order valence-corrected chi connectivity index (χ1v) is 20.1. The molecule has 0 fully saturated rings. The third kappa shape index (κ3) is 32.7. The Balaban J connectivity index is 4.27. The maximum absolute atomic E-state index is 12.7. The zero-order chi connectivity index (χ0) is 35.8. The van der Waals surface area contributed by atoms with Crippen LogP contribution in [0.1, 0.15) is 129 Å². The summed E-state index contributed by atoms with van der Waals surface area (Å²) in [4.78, 5) is 22.9. The standard InChI is InChI=1S/C39H71N2O6P/c1-6-8-10-12-13-14-15-16-17-18-19-20-21-22-23-24-25-26-27-29-31-33-39(43)40-37(38(42)32-30-28-11-9-7-2)36-47-48(44,45)46-35-34-41(3,4)5/h8,10,13-14,16-17,19-20,22-23,37-38,42H,6-7,9,11-12,15,18,21,24-36H2,1-5H3,(H-,40,43,44,45)/p+1/b10-8-,14-13-,17-16-,20-19-,23-22-. The number of aliphatic hydroxyl groups is 1. The second-order valence-electron chi connectivity index (χ2n) is 13.6. The summed E-state index contributed by atoms with van der Waals surface area (Å²) in [5, 5.41) is 13.7. The summed E-state index contributed by atoms with van der Waals surface area (Å²) in [7, 11) is 1.58. The number of phosphoric ester groups is 1. The Morgan fingerprint density at radius 3 is 1.83 bits per heavy atom. The minimum Gasteiger partial charge on any atom is -0.391 e. The van der Waals surface area contributed by atoms with Gasteiger partial charge in [-0.15, -0.1) is 0 Å². The molecule has 3 N–H and O–H groups in total. The van der Waals surface area contributed by atoms with Gasteiger partial charge in [0, 0.05) is 6.42 Å². The van der Waals surface area contributed by atoms with Gasteiger partial charge >= 0.3 is 7.82 Å². The summed E-state index contributed by atoms with van der Waals surface area (Å²) in [6, 6.07) is -0.769. The quantitative estimate of drug-likeness (QED) is 0.0280. The van der Waals surface area contributed by atoms with Gasteiger partial charge in [-0.3, -0.25) is 13.8 Å². The monoisotopic (exact) mass is 696 g/mol. The Labute approximate surface area is 294 Å². The van der Waals surface area contributed by atoms with Gasteiger partial charge in [-0.2, -0.15) is 0 Å². The molecule has 0 aliphatic rings. The number of phosphoric acid groups is 1. The fourth-order valence-electron chi connectivity index (χ4n) is 4.77. The van der Waals surface area contributed by atoms with Gasteiger partial charge in [0.1, 0.15) is 13.2 Å². The van der Waals surface area contributed by atoms with Gasteiger partial charge in [0.25, 0.3) is 0 Å². The zero-order valence-electron chi connectivity index (χ0n) is 31.2. The summed E-state index contributed by atoms with van der Waals surface area (Å²) in [5.41, 5.74) is 0. The number of quaternary nitrogens is 1. The fourth-order valence-corrected chi connectivity index (χ4v) is 5.51. The number of nitrogens with zero attached hydrogens (tertiary/aromatic N) is 1. The van der Waals surface area contributed by atoms with E-state index < -0.39 is 20.0 Å². The van der Waals surface area contributed by atoms with Gasteiger partial charge in [0.15, 0.2) is 0 Å². The molecule has 8 nitrogen and oxygen atoms in total. The summed E-state index contributed by atoms with van der Waals surface area (Å²) >= 11 is 0. The molecule has 1 amide bonds. The highest BCUT2D eigenvalue weighted by Gasteiger charge is 2.28. The maximum atomic E-state index is 12.7. The molecule has 3 unspecified atom stereocenters. The lowest BCUT2D eigenvalue weighted by Crippen LogP contribution is -2.46. The van der Waals surface area contributed by atoms with Gasteiger partial charge in [-0.1, -0.05) is 126 Å². The van der Waals surface area contributed by atoms with E-state index in [9.17, 15) is 19.4 Å². The molecule has 0 aromatic rings. The van der Waals surface area contributed by atoms with E-state index in [0.29, 0.717) is 23.9 Å². The molecule has 3 atom stereocenters. The molecule has 0 spiro atoms. The highest BCUT2D eigenvalue weighted by atomic mass is 31.2. The van der Waals surface area contributed by atoms with Crippen LogP contribution < -0.4 is 5.32 Å². The van der Waals surface area contributed by atoms with E-state index in [-0.39, 0.29) is 19.1 Å². The highest BCUT2D eigenvalue weighted by Crippen LogP contribution is 2.43. The largest absolute Gasteiger partial charge is 0.472 e. The molecular weight excluding hydrogens is 623 g/mol. The third-order valence-electron chi connectivity index (χ3n) is 7.78. The van der Waals surface area contributed by atoms with Crippen molar-refractivity contribution in [2.45, 2.75) is 142 Å². The first kappa shape index (κ1) is 46.2. The number of hydrogen-bond acceptors (Lipinski definition) is 5. The van der Waals surface area contributed by atoms with Crippen molar-refractivity contribution in [2.75, 3.05) is 40.9 Å². The molecule has 9 heteroatoms. The molecule has 0 aliphatic carbocycles. The smallest absolute Gasteiger partial charge is 0.391 e. The van der Waals surface area contributed by atoms with E-state index in [1.807, 2.05) is 21.1 Å². The summed E-state index contributed by atoms with van der Waals surface area (Å²) < 4.78 is 23.3. The molecule has 48 heavy (non-hydrogen) atoms. The molecule has 0 saturated heterocycles. The lowest BCUT2D eigenvalue weighted by atomic mass is 10.0. The number of unbranched alkanes of at least 4 members (excludes halogenated alkanes) is 9. The SMILES string of the molecule is CC/C=C\C/C=C\C/C=C\C/C=C\C/C=C\CCCCCCCC(=O)NC(COP(=O)(O)OCC[N+](C)(C)C)C(O)CCCCCCC. The van der Waals surface area contributed by atoms with Crippen LogP contribution in [0.15, 0.2) is 60.8 Å². The molecule has 0 aromatic heterocycles. The average molecular weight is 696 g/mol. The lowest BCUT2D eigenvalue weighted by molar-refractivity contribution is -0.870. The van der Waals surface area contributed by atoms with Gasteiger partial charge in [-0.05, 0) is 57.8 Å². The van der Waals surface area contributed by atoms with Crippen LogP contribution in [0.3, 0.4) is 0 Å². The van der Waals surface area contributed by atoms with Crippen molar-refractivity contribution in [3.8, 4) is 0 Å². The molecule has 0 bridgehead atoms. The van der Waals surface area contributed by atoms with Crippen LogP contribution in [0, 0.1) is 0 Å². The normalized spacial score (nSPS) is 15.4. The number of carbonyl (C=O) groups excluding carboxylic acids is 1. The van der Waals surface area contributed by atoms with Crippen molar-refractivity contribution in [1.29, 1.82) is 0 Å². The van der Waals surface area contributed by atoms with Gasteiger partial charge in [-0.25, -0.2) is 4.57 Å². The lowest BCUT2D eigenvalue weighted by Gasteiger charge is -2.26. The van der Waals surface area contributed by atoms with E-state index >= 15 is 0 Å². The molecule has 0 aromatic carbocycles. The Kier molecular flexibility index (Phi) is 30.0. The minimum atomic E-state index is -4.30. The van der Waals surface area contributed by atoms with Crippen LogP contribution in [0.5, 0.6) is 0 Å². The number of carbonyl (C=O) groups is 1. The van der Waals surface area contributed by atoms with Crippen molar-refractivity contribution in [2.24, 2.45) is 0 Å². The predicted molar refractivity (Wildman–Crippen MR) is 203 cm³/mol. The van der Waals surface area contributed by atoms with Crippen LogP contribution in [-0.4, -0.2) is 73.4 Å². The Morgan fingerprint density at radius 2 is 1.25 bits per heavy atom. The molecule has 0 rings (SSSR count). The minimum absolute atomic E-state index is 0.0661. The number of aliphatic hydroxyl groups excluding tert-OH is 1. The number of amides is 1. The summed E-state index contributed by atoms with van der Waals surface area (Å²) in [5.74, 6) is -0.175. The predicted octanol–water partition coefficient (Wildman–Crippen LogP) is 9.51. The van der Waals surface area contributed by atoms with Crippen molar-refractivity contribution in [1.82, 2.24) is 5.32 Å². The van der Waals surface area contributed by atoms with Gasteiger partial charge < -0.3 is 19.8 Å². The molecule has 0 heterocycles. The fraction of sp³-hybridized carbons (Fsp3) is 0.718. The Bertz CT molecular complexity index is 970. The van der Waals surface area contributed by atoms with Crippen molar-refractivity contribution in [3.63, 3.8) is 0 Å². The molecule has 0 saturated carbocycles. The number of hydrogen-bond donors (Lipinski definition) is 3. The second-order valence-corrected chi connectivity index (χ2v) is 15.0. The van der Waals surface area contributed by atoms with Crippen LogP contribution in [0.2, 0.25) is 0 Å². The van der Waals surface area contributed by atoms with Crippen LogP contribution in [0.25, 0.3) is 0 Å².